The van der Waals surface area contributed by atoms with Crippen LogP contribution in [0.25, 0.3) is 0 Å². The van der Waals surface area contributed by atoms with Gasteiger partial charge in [-0.3, -0.25) is 4.79 Å². The first-order chi connectivity index (χ1) is 9.13. The van der Waals surface area contributed by atoms with Gasteiger partial charge in [-0.05, 0) is 12.5 Å². The molecule has 3 unspecified atom stereocenters. The third-order valence-corrected chi connectivity index (χ3v) is 3.66. The van der Waals surface area contributed by atoms with Gasteiger partial charge in [-0.2, -0.15) is 0 Å². The van der Waals surface area contributed by atoms with Gasteiger partial charge in [0.2, 0.25) is 5.91 Å². The number of hydrogen-bond acceptors (Lipinski definition) is 3. The Balaban J connectivity index is 0.00000200. The van der Waals surface area contributed by atoms with Gasteiger partial charge in [0, 0.05) is 12.5 Å². The Hall–Kier alpha value is -1.10. The zero-order valence-electron chi connectivity index (χ0n) is 12.0. The minimum Gasteiger partial charge on any atom is -0.370 e. The van der Waals surface area contributed by atoms with E-state index in [1.54, 1.807) is 0 Å². The molecule has 3 atom stereocenters. The smallest absolute Gasteiger partial charge is 0.227 e. The molecule has 0 aliphatic carbocycles. The zero-order valence-corrected chi connectivity index (χ0v) is 12.8. The van der Waals surface area contributed by atoms with Crippen molar-refractivity contribution in [1.82, 2.24) is 4.90 Å². The number of halogens is 1. The van der Waals surface area contributed by atoms with E-state index in [1.807, 2.05) is 49.1 Å². The Morgan fingerprint density at radius 3 is 2.70 bits per heavy atom. The molecular formula is C15H23ClN2O2. The first kappa shape index (κ1) is 17.0. The van der Waals surface area contributed by atoms with E-state index in [9.17, 15) is 4.79 Å². The zero-order chi connectivity index (χ0) is 13.8. The topological polar surface area (TPSA) is 55.6 Å². The molecule has 0 saturated carbocycles. The number of ether oxygens (including phenoxy) is 1. The maximum Gasteiger partial charge on any atom is 0.227 e. The molecule has 2 N–H and O–H groups in total. The number of carbonyl (C=O) groups excluding carboxylic acids is 1. The van der Waals surface area contributed by atoms with Crippen molar-refractivity contribution in [3.8, 4) is 0 Å². The molecule has 0 aromatic heterocycles. The fourth-order valence-electron chi connectivity index (χ4n) is 2.32. The highest BCUT2D eigenvalue weighted by Crippen LogP contribution is 2.25. The maximum absolute atomic E-state index is 12.3. The van der Waals surface area contributed by atoms with E-state index in [4.69, 9.17) is 10.5 Å². The third kappa shape index (κ3) is 3.72. The summed E-state index contributed by atoms with van der Waals surface area (Å²) in [6.07, 6.45) is -0.0358. The van der Waals surface area contributed by atoms with Crippen LogP contribution in [-0.2, 0) is 9.53 Å². The minimum atomic E-state index is -0.128. The van der Waals surface area contributed by atoms with E-state index in [2.05, 4.69) is 0 Å². The molecule has 1 heterocycles. The van der Waals surface area contributed by atoms with Gasteiger partial charge in [0.25, 0.3) is 0 Å². The molecule has 0 bridgehead atoms. The number of carbonyl (C=O) groups is 1. The Bertz CT molecular complexity index is 427. The van der Waals surface area contributed by atoms with Crippen LogP contribution in [0.4, 0.5) is 0 Å². The van der Waals surface area contributed by atoms with Crippen molar-refractivity contribution in [2.45, 2.75) is 26.0 Å². The van der Waals surface area contributed by atoms with Crippen LogP contribution in [-0.4, -0.2) is 36.5 Å². The van der Waals surface area contributed by atoms with E-state index >= 15 is 0 Å². The molecule has 1 aliphatic rings. The number of nitrogens with zero attached hydrogens (tertiary/aromatic N) is 1. The van der Waals surface area contributed by atoms with Gasteiger partial charge >= 0.3 is 0 Å². The standard InChI is InChI=1S/C15H22N2O2.ClH/c1-11(8-16)15(18)17-9-14(19-10-12(17)2)13-6-4-3-5-7-13;/h3-7,11-12,14H,8-10,16H2,1-2H3;1H. The number of benzene rings is 1. The normalized spacial score (nSPS) is 23.9. The fraction of sp³-hybridized carbons (Fsp3) is 0.533. The van der Waals surface area contributed by atoms with Crippen LogP contribution in [0.15, 0.2) is 30.3 Å². The summed E-state index contributed by atoms with van der Waals surface area (Å²) in [6.45, 7) is 5.46. The van der Waals surface area contributed by atoms with Crippen molar-refractivity contribution in [2.24, 2.45) is 11.7 Å². The average molecular weight is 299 g/mol. The van der Waals surface area contributed by atoms with E-state index in [1.165, 1.54) is 0 Å². The summed E-state index contributed by atoms with van der Waals surface area (Å²) in [5.74, 6) is -0.00351. The monoisotopic (exact) mass is 298 g/mol. The summed E-state index contributed by atoms with van der Waals surface area (Å²) in [5, 5.41) is 0. The van der Waals surface area contributed by atoms with Gasteiger partial charge in [-0.25, -0.2) is 0 Å². The highest BCUT2D eigenvalue weighted by Gasteiger charge is 2.32. The van der Waals surface area contributed by atoms with E-state index in [-0.39, 0.29) is 36.4 Å². The van der Waals surface area contributed by atoms with E-state index in [0.717, 1.165) is 5.56 Å². The molecule has 4 nitrogen and oxygen atoms in total. The van der Waals surface area contributed by atoms with Crippen molar-refractivity contribution in [3.05, 3.63) is 35.9 Å². The van der Waals surface area contributed by atoms with Crippen molar-refractivity contribution in [3.63, 3.8) is 0 Å². The van der Waals surface area contributed by atoms with Crippen LogP contribution >= 0.6 is 12.4 Å². The quantitative estimate of drug-likeness (QED) is 0.928. The molecule has 1 saturated heterocycles. The molecule has 0 radical (unpaired) electrons. The number of rotatable bonds is 3. The second-order valence-electron chi connectivity index (χ2n) is 5.21. The van der Waals surface area contributed by atoms with Gasteiger partial charge in [-0.1, -0.05) is 37.3 Å². The Kier molecular flexibility index (Phi) is 6.46. The fourth-order valence-corrected chi connectivity index (χ4v) is 2.32. The molecule has 20 heavy (non-hydrogen) atoms. The van der Waals surface area contributed by atoms with Crippen LogP contribution < -0.4 is 5.73 Å². The molecule has 2 rings (SSSR count). The molecule has 0 spiro atoms. The van der Waals surface area contributed by atoms with Crippen LogP contribution in [0, 0.1) is 5.92 Å². The molecule has 5 heteroatoms. The molecule has 1 amide bonds. The maximum atomic E-state index is 12.3. The van der Waals surface area contributed by atoms with Gasteiger partial charge in [-0.15, -0.1) is 12.4 Å². The lowest BCUT2D eigenvalue weighted by Gasteiger charge is -2.39. The molecule has 1 aromatic carbocycles. The van der Waals surface area contributed by atoms with Crippen molar-refractivity contribution in [2.75, 3.05) is 19.7 Å². The Labute approximate surface area is 126 Å². The predicted octanol–water partition coefficient (Wildman–Crippen LogP) is 1.99. The summed E-state index contributed by atoms with van der Waals surface area (Å²) < 4.78 is 5.84. The number of hydrogen-bond donors (Lipinski definition) is 1. The lowest BCUT2D eigenvalue weighted by molar-refractivity contribution is -0.148. The summed E-state index contributed by atoms with van der Waals surface area (Å²) >= 11 is 0. The highest BCUT2D eigenvalue weighted by molar-refractivity contribution is 5.85. The molecule has 112 valence electrons. The second kappa shape index (κ2) is 7.62. The summed E-state index contributed by atoms with van der Waals surface area (Å²) in [6, 6.07) is 10.2. The molecule has 1 fully saturated rings. The lowest BCUT2D eigenvalue weighted by atomic mass is 10.0. The second-order valence-corrected chi connectivity index (χ2v) is 5.21. The Morgan fingerprint density at radius 1 is 1.45 bits per heavy atom. The van der Waals surface area contributed by atoms with Crippen LogP contribution in [0.3, 0.4) is 0 Å². The van der Waals surface area contributed by atoms with Crippen molar-refractivity contribution < 1.29 is 9.53 Å². The van der Waals surface area contributed by atoms with Crippen LogP contribution in [0.1, 0.15) is 25.5 Å². The van der Waals surface area contributed by atoms with Crippen LogP contribution in [0.5, 0.6) is 0 Å². The first-order valence-electron chi connectivity index (χ1n) is 6.80. The number of nitrogens with two attached hydrogens (primary N) is 1. The predicted molar refractivity (Wildman–Crippen MR) is 81.8 cm³/mol. The Morgan fingerprint density at radius 2 is 2.10 bits per heavy atom. The summed E-state index contributed by atoms with van der Waals surface area (Å²) in [7, 11) is 0. The summed E-state index contributed by atoms with van der Waals surface area (Å²) in [4.78, 5) is 14.2. The van der Waals surface area contributed by atoms with Gasteiger partial charge in [0.05, 0.1) is 19.2 Å². The van der Waals surface area contributed by atoms with Crippen LogP contribution in [0.2, 0.25) is 0 Å². The minimum absolute atomic E-state index is 0. The summed E-state index contributed by atoms with van der Waals surface area (Å²) in [5.41, 5.74) is 6.71. The average Bonchev–Trinajstić information content (AvgIpc) is 2.47. The molecule has 1 aromatic rings. The largest absolute Gasteiger partial charge is 0.370 e. The highest BCUT2D eigenvalue weighted by atomic mass is 35.5. The molecular weight excluding hydrogens is 276 g/mol. The number of amides is 1. The van der Waals surface area contributed by atoms with E-state index in [0.29, 0.717) is 19.7 Å². The van der Waals surface area contributed by atoms with E-state index < -0.39 is 0 Å². The van der Waals surface area contributed by atoms with Crippen molar-refractivity contribution in [1.29, 1.82) is 0 Å². The number of morpholine rings is 1. The first-order valence-corrected chi connectivity index (χ1v) is 6.80. The van der Waals surface area contributed by atoms with Gasteiger partial charge in [0.1, 0.15) is 6.10 Å². The van der Waals surface area contributed by atoms with Gasteiger partial charge < -0.3 is 15.4 Å². The lowest BCUT2D eigenvalue weighted by Crippen LogP contribution is -2.50. The van der Waals surface area contributed by atoms with Gasteiger partial charge in [0.15, 0.2) is 0 Å². The van der Waals surface area contributed by atoms with Crippen molar-refractivity contribution >= 4 is 18.3 Å². The molecule has 1 aliphatic heterocycles. The SMILES string of the molecule is CC(CN)C(=O)N1CC(c2ccccc2)OCC1C.Cl. The third-order valence-electron chi connectivity index (χ3n) is 3.66.